The van der Waals surface area contributed by atoms with Gasteiger partial charge in [-0.1, -0.05) is 6.07 Å². The highest BCUT2D eigenvalue weighted by atomic mass is 19.1. The van der Waals surface area contributed by atoms with Crippen molar-refractivity contribution in [3.63, 3.8) is 0 Å². The van der Waals surface area contributed by atoms with E-state index in [2.05, 4.69) is 0 Å². The minimum Gasteiger partial charge on any atom is -0.375 e. The van der Waals surface area contributed by atoms with Gasteiger partial charge in [-0.05, 0) is 24.6 Å². The van der Waals surface area contributed by atoms with E-state index in [1.165, 1.54) is 0 Å². The SMILES string of the molecule is CN(C)c1ccc(C2(C)CO2)cc1F. The summed E-state index contributed by atoms with van der Waals surface area (Å²) in [7, 11) is 3.65. The van der Waals surface area contributed by atoms with Crippen LogP contribution >= 0.6 is 0 Å². The zero-order valence-corrected chi connectivity index (χ0v) is 8.67. The molecule has 1 aromatic rings. The normalized spacial score (nSPS) is 24.9. The summed E-state index contributed by atoms with van der Waals surface area (Å²) >= 11 is 0. The van der Waals surface area contributed by atoms with Crippen LogP contribution in [0.15, 0.2) is 18.2 Å². The minimum absolute atomic E-state index is 0.191. The summed E-state index contributed by atoms with van der Waals surface area (Å²) in [5, 5.41) is 0. The van der Waals surface area contributed by atoms with Crippen molar-refractivity contribution in [2.24, 2.45) is 0 Å². The number of nitrogens with zero attached hydrogens (tertiary/aromatic N) is 1. The number of epoxide rings is 1. The number of rotatable bonds is 2. The van der Waals surface area contributed by atoms with Crippen molar-refractivity contribution in [2.45, 2.75) is 12.5 Å². The van der Waals surface area contributed by atoms with Gasteiger partial charge in [0.1, 0.15) is 11.4 Å². The maximum Gasteiger partial charge on any atom is 0.146 e. The monoisotopic (exact) mass is 195 g/mol. The summed E-state index contributed by atoms with van der Waals surface area (Å²) in [5.41, 5.74) is 1.28. The Hall–Kier alpha value is -1.09. The molecule has 1 aliphatic heterocycles. The van der Waals surface area contributed by atoms with Crippen LogP contribution in [0, 0.1) is 5.82 Å². The second-order valence-electron chi connectivity index (χ2n) is 4.08. The van der Waals surface area contributed by atoms with E-state index < -0.39 is 0 Å². The molecule has 1 unspecified atom stereocenters. The highest BCUT2D eigenvalue weighted by Crippen LogP contribution is 2.38. The summed E-state index contributed by atoms with van der Waals surface area (Å²) in [6.45, 7) is 2.66. The van der Waals surface area contributed by atoms with Gasteiger partial charge in [-0.15, -0.1) is 0 Å². The Morgan fingerprint density at radius 1 is 1.43 bits per heavy atom. The lowest BCUT2D eigenvalue weighted by Crippen LogP contribution is -2.12. The van der Waals surface area contributed by atoms with Gasteiger partial charge in [0.25, 0.3) is 0 Å². The fraction of sp³-hybridized carbons (Fsp3) is 0.455. The van der Waals surface area contributed by atoms with Crippen LogP contribution in [-0.2, 0) is 10.3 Å². The Morgan fingerprint density at radius 2 is 2.07 bits per heavy atom. The molecular formula is C11H14FNO. The lowest BCUT2D eigenvalue weighted by Gasteiger charge is -2.15. The highest BCUT2D eigenvalue weighted by Gasteiger charge is 2.41. The fourth-order valence-electron chi connectivity index (χ4n) is 1.47. The summed E-state index contributed by atoms with van der Waals surface area (Å²) in [5.74, 6) is -0.191. The van der Waals surface area contributed by atoms with Gasteiger partial charge in [0.05, 0.1) is 12.3 Å². The van der Waals surface area contributed by atoms with Crippen molar-refractivity contribution in [1.82, 2.24) is 0 Å². The van der Waals surface area contributed by atoms with Crippen molar-refractivity contribution >= 4 is 5.69 Å². The second kappa shape index (κ2) is 2.95. The predicted octanol–water partition coefficient (Wildman–Crippen LogP) is 2.14. The molecule has 0 saturated carbocycles. The van der Waals surface area contributed by atoms with Crippen molar-refractivity contribution in [3.05, 3.63) is 29.6 Å². The number of halogens is 1. The molecule has 0 aromatic heterocycles. The smallest absolute Gasteiger partial charge is 0.146 e. The molecule has 2 rings (SSSR count). The van der Waals surface area contributed by atoms with Crippen LogP contribution in [0.2, 0.25) is 0 Å². The van der Waals surface area contributed by atoms with Crippen LogP contribution in [0.1, 0.15) is 12.5 Å². The van der Waals surface area contributed by atoms with Gasteiger partial charge in [-0.2, -0.15) is 0 Å². The highest BCUT2D eigenvalue weighted by molar-refractivity contribution is 5.49. The molecule has 1 saturated heterocycles. The molecule has 1 atom stereocenters. The minimum atomic E-state index is -0.244. The molecule has 76 valence electrons. The standard InChI is InChI=1S/C11H14FNO/c1-11(7-14-11)8-4-5-10(13(2)3)9(12)6-8/h4-6H,7H2,1-3H3. The average Bonchev–Trinajstić information content (AvgIpc) is 2.84. The van der Waals surface area contributed by atoms with Gasteiger partial charge in [-0.3, -0.25) is 0 Å². The van der Waals surface area contributed by atoms with Crippen molar-refractivity contribution in [2.75, 3.05) is 25.6 Å². The molecule has 1 aromatic carbocycles. The number of hydrogen-bond acceptors (Lipinski definition) is 2. The van der Waals surface area contributed by atoms with E-state index in [0.29, 0.717) is 12.3 Å². The van der Waals surface area contributed by atoms with Crippen molar-refractivity contribution < 1.29 is 9.13 Å². The first-order chi connectivity index (χ1) is 6.53. The van der Waals surface area contributed by atoms with Crippen LogP contribution in [-0.4, -0.2) is 20.7 Å². The molecule has 0 N–H and O–H groups in total. The molecule has 1 aliphatic rings. The van der Waals surface area contributed by atoms with Crippen LogP contribution in [0.25, 0.3) is 0 Å². The van der Waals surface area contributed by atoms with Gasteiger partial charge in [-0.25, -0.2) is 4.39 Å². The Bertz CT molecular complexity index is 358. The van der Waals surface area contributed by atoms with E-state index in [1.807, 2.05) is 27.1 Å². The molecule has 1 fully saturated rings. The molecule has 3 heteroatoms. The van der Waals surface area contributed by atoms with Crippen LogP contribution in [0.3, 0.4) is 0 Å². The average molecular weight is 195 g/mol. The molecular weight excluding hydrogens is 181 g/mol. The van der Waals surface area contributed by atoms with Crippen molar-refractivity contribution in [3.8, 4) is 0 Å². The van der Waals surface area contributed by atoms with Gasteiger partial charge in [0, 0.05) is 14.1 Å². The molecule has 0 aliphatic carbocycles. The third-order valence-corrected chi connectivity index (χ3v) is 2.62. The van der Waals surface area contributed by atoms with Crippen molar-refractivity contribution in [1.29, 1.82) is 0 Å². The van der Waals surface area contributed by atoms with E-state index in [0.717, 1.165) is 5.56 Å². The zero-order chi connectivity index (χ0) is 10.3. The molecule has 14 heavy (non-hydrogen) atoms. The molecule has 0 bridgehead atoms. The van der Waals surface area contributed by atoms with Crippen LogP contribution < -0.4 is 4.90 Å². The van der Waals surface area contributed by atoms with E-state index in [9.17, 15) is 4.39 Å². The summed E-state index contributed by atoms with van der Waals surface area (Å²) in [6, 6.07) is 5.27. The molecule has 1 heterocycles. The lowest BCUT2D eigenvalue weighted by molar-refractivity contribution is 0.328. The van der Waals surface area contributed by atoms with Crippen LogP contribution in [0.4, 0.5) is 10.1 Å². The van der Waals surface area contributed by atoms with Crippen LogP contribution in [0.5, 0.6) is 0 Å². The second-order valence-corrected chi connectivity index (χ2v) is 4.08. The van der Waals surface area contributed by atoms with E-state index in [4.69, 9.17) is 4.74 Å². The zero-order valence-electron chi connectivity index (χ0n) is 8.67. The largest absolute Gasteiger partial charge is 0.375 e. The van der Waals surface area contributed by atoms with Gasteiger partial charge >= 0.3 is 0 Å². The maximum atomic E-state index is 13.6. The molecule has 0 spiro atoms. The first-order valence-corrected chi connectivity index (χ1v) is 4.64. The van der Waals surface area contributed by atoms with E-state index >= 15 is 0 Å². The quantitative estimate of drug-likeness (QED) is 0.672. The first-order valence-electron chi connectivity index (χ1n) is 4.64. The number of hydrogen-bond donors (Lipinski definition) is 0. The predicted molar refractivity (Wildman–Crippen MR) is 54.0 cm³/mol. The lowest BCUT2D eigenvalue weighted by atomic mass is 10.0. The van der Waals surface area contributed by atoms with E-state index in [1.54, 1.807) is 17.0 Å². The Morgan fingerprint density at radius 3 is 2.50 bits per heavy atom. The van der Waals surface area contributed by atoms with Gasteiger partial charge in [0.2, 0.25) is 0 Å². The first kappa shape index (κ1) is 9.46. The summed E-state index contributed by atoms with van der Waals surface area (Å²) < 4.78 is 18.8. The number of ether oxygens (including phenoxy) is 1. The van der Waals surface area contributed by atoms with Gasteiger partial charge in [0.15, 0.2) is 0 Å². The van der Waals surface area contributed by atoms with Gasteiger partial charge < -0.3 is 9.64 Å². The summed E-state index contributed by atoms with van der Waals surface area (Å²) in [6.07, 6.45) is 0. The number of benzene rings is 1. The third-order valence-electron chi connectivity index (χ3n) is 2.62. The maximum absolute atomic E-state index is 13.6. The Balaban J connectivity index is 2.36. The van der Waals surface area contributed by atoms with E-state index in [-0.39, 0.29) is 11.4 Å². The molecule has 0 radical (unpaired) electrons. The Kier molecular flexibility index (Phi) is 2.00. The fourth-order valence-corrected chi connectivity index (χ4v) is 1.47. The third kappa shape index (κ3) is 1.48. The molecule has 0 amide bonds. The molecule has 2 nitrogen and oxygen atoms in total. The Labute approximate surface area is 83.3 Å². The topological polar surface area (TPSA) is 15.8 Å². The number of anilines is 1. The summed E-state index contributed by atoms with van der Waals surface area (Å²) in [4.78, 5) is 1.76.